The molecule has 0 aliphatic rings. The molecule has 0 N–H and O–H groups in total. The van der Waals surface area contributed by atoms with E-state index in [1.807, 2.05) is 25.1 Å². The van der Waals surface area contributed by atoms with E-state index in [-0.39, 0.29) is 5.78 Å². The van der Waals surface area contributed by atoms with Gasteiger partial charge in [0, 0.05) is 12.0 Å². The highest BCUT2D eigenvalue weighted by Crippen LogP contribution is 2.26. The van der Waals surface area contributed by atoms with Gasteiger partial charge < -0.3 is 0 Å². The summed E-state index contributed by atoms with van der Waals surface area (Å²) in [6.45, 7) is 6.13. The van der Waals surface area contributed by atoms with Crippen molar-refractivity contribution in [3.8, 4) is 11.1 Å². The summed E-state index contributed by atoms with van der Waals surface area (Å²) in [6, 6.07) is 14.2. The van der Waals surface area contributed by atoms with Crippen molar-refractivity contribution in [2.24, 2.45) is 0 Å². The van der Waals surface area contributed by atoms with Crippen LogP contribution >= 0.6 is 0 Å². The third kappa shape index (κ3) is 2.35. The molecule has 0 radical (unpaired) electrons. The molecule has 1 heteroatoms. The molecule has 2 aromatic rings. The van der Waals surface area contributed by atoms with E-state index in [0.717, 1.165) is 11.1 Å². The Kier molecular flexibility index (Phi) is 3.61. The first-order chi connectivity index (χ1) is 8.63. The Morgan fingerprint density at radius 1 is 1.06 bits per heavy atom. The molecule has 0 bridgehead atoms. The van der Waals surface area contributed by atoms with Crippen molar-refractivity contribution in [2.45, 2.75) is 27.2 Å². The van der Waals surface area contributed by atoms with Crippen LogP contribution in [0.4, 0.5) is 0 Å². The molecule has 0 saturated heterocycles. The van der Waals surface area contributed by atoms with E-state index < -0.39 is 0 Å². The van der Waals surface area contributed by atoms with E-state index in [9.17, 15) is 4.79 Å². The maximum atomic E-state index is 11.7. The topological polar surface area (TPSA) is 17.1 Å². The summed E-state index contributed by atoms with van der Waals surface area (Å²) in [7, 11) is 0. The van der Waals surface area contributed by atoms with Gasteiger partial charge in [0.25, 0.3) is 0 Å². The molecule has 0 spiro atoms. The zero-order valence-electron chi connectivity index (χ0n) is 11.2. The Hall–Kier alpha value is -1.89. The average molecular weight is 238 g/mol. The lowest BCUT2D eigenvalue weighted by Crippen LogP contribution is -1.96. The van der Waals surface area contributed by atoms with Gasteiger partial charge >= 0.3 is 0 Å². The molecular weight excluding hydrogens is 220 g/mol. The van der Waals surface area contributed by atoms with Gasteiger partial charge in [-0.1, -0.05) is 43.3 Å². The predicted molar refractivity (Wildman–Crippen MR) is 76.0 cm³/mol. The first-order valence-electron chi connectivity index (χ1n) is 6.33. The summed E-state index contributed by atoms with van der Waals surface area (Å²) >= 11 is 0. The molecule has 0 unspecified atom stereocenters. The van der Waals surface area contributed by atoms with Crippen LogP contribution in [-0.2, 0) is 0 Å². The summed E-state index contributed by atoms with van der Waals surface area (Å²) in [4.78, 5) is 11.7. The highest BCUT2D eigenvalue weighted by Gasteiger charge is 2.07. The largest absolute Gasteiger partial charge is 0.294 e. The molecule has 0 atom stereocenters. The highest BCUT2D eigenvalue weighted by molar-refractivity contribution is 5.97. The number of hydrogen-bond acceptors (Lipinski definition) is 1. The van der Waals surface area contributed by atoms with Crippen molar-refractivity contribution in [2.75, 3.05) is 0 Å². The maximum Gasteiger partial charge on any atom is 0.162 e. The molecule has 0 saturated carbocycles. The maximum absolute atomic E-state index is 11.7. The quantitative estimate of drug-likeness (QED) is 0.716. The van der Waals surface area contributed by atoms with E-state index in [1.165, 1.54) is 16.7 Å². The fourth-order valence-electron chi connectivity index (χ4n) is 2.13. The van der Waals surface area contributed by atoms with Gasteiger partial charge in [-0.25, -0.2) is 0 Å². The normalized spacial score (nSPS) is 10.4. The van der Waals surface area contributed by atoms with Crippen LogP contribution in [0.2, 0.25) is 0 Å². The molecule has 92 valence electrons. The molecule has 0 aliphatic carbocycles. The fourth-order valence-corrected chi connectivity index (χ4v) is 2.13. The fraction of sp³-hybridized carbons (Fsp3) is 0.235. The van der Waals surface area contributed by atoms with Crippen molar-refractivity contribution in [3.63, 3.8) is 0 Å². The summed E-state index contributed by atoms with van der Waals surface area (Å²) in [5, 5.41) is 0. The van der Waals surface area contributed by atoms with Crippen molar-refractivity contribution in [1.29, 1.82) is 0 Å². The van der Waals surface area contributed by atoms with Gasteiger partial charge in [0.1, 0.15) is 0 Å². The number of benzene rings is 2. The summed E-state index contributed by atoms with van der Waals surface area (Å²) in [5.41, 5.74) is 5.69. The number of aryl methyl sites for hydroxylation is 1. The van der Waals surface area contributed by atoms with E-state index in [2.05, 4.69) is 38.1 Å². The first-order valence-corrected chi connectivity index (χ1v) is 6.33. The van der Waals surface area contributed by atoms with Gasteiger partial charge in [0.15, 0.2) is 5.78 Å². The van der Waals surface area contributed by atoms with Crippen LogP contribution in [0.5, 0.6) is 0 Å². The average Bonchev–Trinajstić information content (AvgIpc) is 2.41. The lowest BCUT2D eigenvalue weighted by Gasteiger charge is -2.09. The van der Waals surface area contributed by atoms with Crippen LogP contribution in [0.3, 0.4) is 0 Å². The Balaban J connectivity index is 2.51. The van der Waals surface area contributed by atoms with Gasteiger partial charge in [-0.2, -0.15) is 0 Å². The second-order valence-corrected chi connectivity index (χ2v) is 4.61. The van der Waals surface area contributed by atoms with Crippen molar-refractivity contribution >= 4 is 5.78 Å². The van der Waals surface area contributed by atoms with E-state index in [0.29, 0.717) is 6.42 Å². The zero-order chi connectivity index (χ0) is 13.1. The minimum absolute atomic E-state index is 0.196. The minimum atomic E-state index is 0.196. The second-order valence-electron chi connectivity index (χ2n) is 4.61. The van der Waals surface area contributed by atoms with E-state index in [4.69, 9.17) is 0 Å². The van der Waals surface area contributed by atoms with Crippen LogP contribution in [-0.4, -0.2) is 5.78 Å². The van der Waals surface area contributed by atoms with Gasteiger partial charge in [0.05, 0.1) is 0 Å². The number of carbonyl (C=O) groups excluding carboxylic acids is 1. The van der Waals surface area contributed by atoms with E-state index in [1.54, 1.807) is 0 Å². The van der Waals surface area contributed by atoms with Gasteiger partial charge in [-0.15, -0.1) is 0 Å². The Bertz CT molecular complexity index is 582. The van der Waals surface area contributed by atoms with Crippen LogP contribution < -0.4 is 0 Å². The van der Waals surface area contributed by atoms with Crippen molar-refractivity contribution in [1.82, 2.24) is 0 Å². The standard InChI is InChI=1S/C17H18O/c1-4-17(18)15-9-6-8-14(11-15)16-10-5-7-12(2)13(16)3/h5-11H,4H2,1-3H3. The smallest absolute Gasteiger partial charge is 0.162 e. The molecule has 1 nitrogen and oxygen atoms in total. The number of carbonyl (C=O) groups is 1. The lowest BCUT2D eigenvalue weighted by molar-refractivity contribution is 0.0988. The third-order valence-corrected chi connectivity index (χ3v) is 3.42. The molecule has 0 aromatic heterocycles. The van der Waals surface area contributed by atoms with Gasteiger partial charge in [-0.3, -0.25) is 4.79 Å². The lowest BCUT2D eigenvalue weighted by atomic mass is 9.95. The number of hydrogen-bond donors (Lipinski definition) is 0. The zero-order valence-corrected chi connectivity index (χ0v) is 11.2. The summed E-state index contributed by atoms with van der Waals surface area (Å²) in [5.74, 6) is 0.196. The van der Waals surface area contributed by atoms with Crippen LogP contribution in [0, 0.1) is 13.8 Å². The predicted octanol–water partition coefficient (Wildman–Crippen LogP) is 4.56. The highest BCUT2D eigenvalue weighted by atomic mass is 16.1. The monoisotopic (exact) mass is 238 g/mol. The van der Waals surface area contributed by atoms with Crippen molar-refractivity contribution < 1.29 is 4.79 Å². The molecule has 2 rings (SSSR count). The molecule has 18 heavy (non-hydrogen) atoms. The molecule has 2 aromatic carbocycles. The Labute approximate surface area is 108 Å². The number of Topliss-reactive ketones (excluding diaryl/α,β-unsaturated/α-hetero) is 1. The summed E-state index contributed by atoms with van der Waals surface area (Å²) < 4.78 is 0. The SMILES string of the molecule is CCC(=O)c1cccc(-c2cccc(C)c2C)c1. The number of rotatable bonds is 3. The van der Waals surface area contributed by atoms with E-state index >= 15 is 0 Å². The van der Waals surface area contributed by atoms with Crippen molar-refractivity contribution in [3.05, 3.63) is 59.2 Å². The Morgan fingerprint density at radius 3 is 2.50 bits per heavy atom. The third-order valence-electron chi connectivity index (χ3n) is 3.42. The minimum Gasteiger partial charge on any atom is -0.294 e. The van der Waals surface area contributed by atoms with Gasteiger partial charge in [-0.05, 0) is 42.2 Å². The van der Waals surface area contributed by atoms with Crippen LogP contribution in [0.1, 0.15) is 34.8 Å². The Morgan fingerprint density at radius 2 is 1.78 bits per heavy atom. The van der Waals surface area contributed by atoms with Crippen LogP contribution in [0.15, 0.2) is 42.5 Å². The summed E-state index contributed by atoms with van der Waals surface area (Å²) in [6.07, 6.45) is 0.552. The number of ketones is 1. The first kappa shape index (κ1) is 12.6. The van der Waals surface area contributed by atoms with Crippen LogP contribution in [0.25, 0.3) is 11.1 Å². The second kappa shape index (κ2) is 5.18. The molecule has 0 aliphatic heterocycles. The molecule has 0 amide bonds. The molecule has 0 fully saturated rings. The van der Waals surface area contributed by atoms with Gasteiger partial charge in [0.2, 0.25) is 0 Å². The molecular formula is C17H18O. The molecule has 0 heterocycles.